The number of carbonyl (C=O) groups is 1. The predicted octanol–water partition coefficient (Wildman–Crippen LogP) is 8.23. The molecule has 4 heteroatoms. The van der Waals surface area contributed by atoms with Crippen molar-refractivity contribution < 1.29 is 15.0 Å². The van der Waals surface area contributed by atoms with Crippen LogP contribution in [0.2, 0.25) is 0 Å². The highest BCUT2D eigenvalue weighted by atomic mass is 16.3. The van der Waals surface area contributed by atoms with E-state index < -0.39 is 12.1 Å². The van der Waals surface area contributed by atoms with E-state index in [4.69, 9.17) is 0 Å². The summed E-state index contributed by atoms with van der Waals surface area (Å²) >= 11 is 0. The van der Waals surface area contributed by atoms with Gasteiger partial charge in [0.25, 0.3) is 0 Å². The minimum atomic E-state index is -0.647. The molecule has 0 fully saturated rings. The molecule has 204 valence electrons. The zero-order chi connectivity index (χ0) is 25.1. The number of amides is 1. The molecule has 0 rings (SSSR count). The summed E-state index contributed by atoms with van der Waals surface area (Å²) in [6.07, 6.45) is 29.2. The van der Waals surface area contributed by atoms with E-state index in [1.165, 1.54) is 109 Å². The van der Waals surface area contributed by atoms with Crippen LogP contribution in [0.1, 0.15) is 168 Å². The number of nitrogens with one attached hydrogen (secondary N) is 1. The Kier molecular flexibility index (Phi) is 26.5. The Balaban J connectivity index is 3.39. The Labute approximate surface area is 213 Å². The van der Waals surface area contributed by atoms with Gasteiger partial charge in [0, 0.05) is 6.42 Å². The molecule has 2 atom stereocenters. The van der Waals surface area contributed by atoms with Crippen molar-refractivity contribution in [1.82, 2.24) is 5.32 Å². The molecule has 2 unspecified atom stereocenters. The van der Waals surface area contributed by atoms with Gasteiger partial charge in [-0.3, -0.25) is 4.79 Å². The summed E-state index contributed by atoms with van der Waals surface area (Å²) in [6, 6.07) is -0.523. The molecule has 0 aliphatic carbocycles. The van der Waals surface area contributed by atoms with E-state index >= 15 is 0 Å². The summed E-state index contributed by atoms with van der Waals surface area (Å²) in [5.41, 5.74) is 0. The van der Waals surface area contributed by atoms with E-state index in [2.05, 4.69) is 19.2 Å². The normalized spacial score (nSPS) is 13.2. The van der Waals surface area contributed by atoms with E-state index in [9.17, 15) is 15.0 Å². The highest BCUT2D eigenvalue weighted by Gasteiger charge is 2.19. The average molecular weight is 484 g/mol. The topological polar surface area (TPSA) is 69.6 Å². The third-order valence-corrected chi connectivity index (χ3v) is 7.12. The van der Waals surface area contributed by atoms with Crippen molar-refractivity contribution in [2.75, 3.05) is 6.61 Å². The fourth-order valence-electron chi connectivity index (χ4n) is 4.71. The van der Waals surface area contributed by atoms with E-state index in [1.54, 1.807) is 0 Å². The number of carbonyl (C=O) groups excluding carboxylic acids is 1. The summed E-state index contributed by atoms with van der Waals surface area (Å²) in [5, 5.41) is 22.6. The first-order chi connectivity index (χ1) is 16.7. The number of hydrogen-bond acceptors (Lipinski definition) is 3. The smallest absolute Gasteiger partial charge is 0.220 e. The lowest BCUT2D eigenvalue weighted by atomic mass is 10.0. The lowest BCUT2D eigenvalue weighted by molar-refractivity contribution is -0.123. The minimum absolute atomic E-state index is 0.0558. The summed E-state index contributed by atoms with van der Waals surface area (Å²) in [5.74, 6) is -0.0558. The van der Waals surface area contributed by atoms with Gasteiger partial charge in [-0.15, -0.1) is 0 Å². The number of rotatable bonds is 27. The largest absolute Gasteiger partial charge is 0.394 e. The zero-order valence-electron chi connectivity index (χ0n) is 23.1. The maximum absolute atomic E-state index is 11.9. The Morgan fingerprint density at radius 2 is 0.941 bits per heavy atom. The van der Waals surface area contributed by atoms with E-state index in [0.29, 0.717) is 12.8 Å². The van der Waals surface area contributed by atoms with Crippen molar-refractivity contribution in [1.29, 1.82) is 0 Å². The first-order valence-electron chi connectivity index (χ1n) is 15.2. The quantitative estimate of drug-likeness (QED) is 0.103. The van der Waals surface area contributed by atoms with Gasteiger partial charge in [-0.25, -0.2) is 0 Å². The fourth-order valence-corrected chi connectivity index (χ4v) is 4.71. The maximum Gasteiger partial charge on any atom is 0.220 e. The van der Waals surface area contributed by atoms with Crippen molar-refractivity contribution in [2.45, 2.75) is 180 Å². The van der Waals surface area contributed by atoms with Gasteiger partial charge >= 0.3 is 0 Å². The molecule has 0 spiro atoms. The summed E-state index contributed by atoms with van der Waals surface area (Å²) < 4.78 is 0. The van der Waals surface area contributed by atoms with Gasteiger partial charge in [0.1, 0.15) is 0 Å². The molecule has 0 aromatic rings. The first-order valence-corrected chi connectivity index (χ1v) is 15.2. The fraction of sp³-hybridized carbons (Fsp3) is 0.967. The molecule has 4 nitrogen and oxygen atoms in total. The summed E-state index contributed by atoms with van der Waals surface area (Å²) in [4.78, 5) is 11.9. The van der Waals surface area contributed by atoms with Gasteiger partial charge < -0.3 is 15.5 Å². The third-order valence-electron chi connectivity index (χ3n) is 7.12. The van der Waals surface area contributed by atoms with Crippen molar-refractivity contribution in [2.24, 2.45) is 0 Å². The SMILES string of the molecule is CCCCCCCCCCCCCCCCCCCCCC(O)C(CO)NC(=O)CCCCC. The van der Waals surface area contributed by atoms with Gasteiger partial charge in [-0.05, 0) is 12.8 Å². The molecule has 0 aromatic carbocycles. The molecular formula is C30H61NO3. The first kappa shape index (κ1) is 33.4. The van der Waals surface area contributed by atoms with Crippen LogP contribution in [0.3, 0.4) is 0 Å². The second-order valence-electron chi connectivity index (χ2n) is 10.5. The predicted molar refractivity (Wildman–Crippen MR) is 147 cm³/mol. The highest BCUT2D eigenvalue weighted by Crippen LogP contribution is 2.15. The van der Waals surface area contributed by atoms with E-state index in [1.807, 2.05) is 0 Å². The van der Waals surface area contributed by atoms with E-state index in [0.717, 1.165) is 32.1 Å². The van der Waals surface area contributed by atoms with Crippen LogP contribution in [0.25, 0.3) is 0 Å². The second kappa shape index (κ2) is 27.0. The van der Waals surface area contributed by atoms with Gasteiger partial charge in [-0.1, -0.05) is 149 Å². The summed E-state index contributed by atoms with van der Waals surface area (Å²) in [7, 11) is 0. The molecule has 0 heterocycles. The number of aliphatic hydroxyl groups is 2. The van der Waals surface area contributed by atoms with Gasteiger partial charge in [0.05, 0.1) is 18.8 Å². The lowest BCUT2D eigenvalue weighted by Crippen LogP contribution is -2.45. The Hall–Kier alpha value is -0.610. The van der Waals surface area contributed by atoms with Crippen LogP contribution in [0.15, 0.2) is 0 Å². The van der Waals surface area contributed by atoms with Crippen LogP contribution in [0.4, 0.5) is 0 Å². The monoisotopic (exact) mass is 483 g/mol. The van der Waals surface area contributed by atoms with Crippen LogP contribution in [-0.4, -0.2) is 34.9 Å². The van der Waals surface area contributed by atoms with E-state index in [-0.39, 0.29) is 12.5 Å². The van der Waals surface area contributed by atoms with Crippen LogP contribution in [-0.2, 0) is 4.79 Å². The molecule has 34 heavy (non-hydrogen) atoms. The second-order valence-corrected chi connectivity index (χ2v) is 10.5. The standard InChI is InChI=1S/C30H61NO3/c1-3-5-7-8-9-10-11-12-13-14-15-16-17-18-19-20-21-22-24-25-29(33)28(27-32)31-30(34)26-23-6-4-2/h28-29,32-33H,3-27H2,1-2H3,(H,31,34). The Morgan fingerprint density at radius 3 is 1.32 bits per heavy atom. The molecular weight excluding hydrogens is 422 g/mol. The Morgan fingerprint density at radius 1 is 0.588 bits per heavy atom. The molecule has 3 N–H and O–H groups in total. The van der Waals surface area contributed by atoms with Crippen molar-refractivity contribution >= 4 is 5.91 Å². The van der Waals surface area contributed by atoms with Crippen LogP contribution >= 0.6 is 0 Å². The van der Waals surface area contributed by atoms with Crippen molar-refractivity contribution in [3.8, 4) is 0 Å². The average Bonchev–Trinajstić information content (AvgIpc) is 2.84. The van der Waals surface area contributed by atoms with Crippen LogP contribution in [0, 0.1) is 0 Å². The van der Waals surface area contributed by atoms with Gasteiger partial charge in [0.15, 0.2) is 0 Å². The minimum Gasteiger partial charge on any atom is -0.394 e. The third kappa shape index (κ3) is 23.1. The zero-order valence-corrected chi connectivity index (χ0v) is 23.1. The molecule has 0 aliphatic rings. The number of aliphatic hydroxyl groups excluding tert-OH is 2. The molecule has 0 radical (unpaired) electrons. The van der Waals surface area contributed by atoms with Gasteiger partial charge in [0.2, 0.25) is 5.91 Å². The lowest BCUT2D eigenvalue weighted by Gasteiger charge is -2.22. The van der Waals surface area contributed by atoms with Crippen LogP contribution in [0.5, 0.6) is 0 Å². The molecule has 0 bridgehead atoms. The number of hydrogen-bond donors (Lipinski definition) is 3. The molecule has 0 saturated carbocycles. The summed E-state index contributed by atoms with van der Waals surface area (Å²) in [6.45, 7) is 4.20. The van der Waals surface area contributed by atoms with Crippen molar-refractivity contribution in [3.05, 3.63) is 0 Å². The van der Waals surface area contributed by atoms with Crippen LogP contribution < -0.4 is 5.32 Å². The molecule has 1 amide bonds. The molecule has 0 saturated heterocycles. The van der Waals surface area contributed by atoms with Gasteiger partial charge in [-0.2, -0.15) is 0 Å². The van der Waals surface area contributed by atoms with Crippen molar-refractivity contribution in [3.63, 3.8) is 0 Å². The maximum atomic E-state index is 11.9. The highest BCUT2D eigenvalue weighted by molar-refractivity contribution is 5.76. The molecule has 0 aromatic heterocycles. The molecule has 0 aliphatic heterocycles. The Bertz CT molecular complexity index is 416. The number of unbranched alkanes of at least 4 members (excludes halogenated alkanes) is 20.